The molecule has 2 aromatic heterocycles. The van der Waals surface area contributed by atoms with E-state index in [1.165, 1.54) is 18.3 Å². The second kappa shape index (κ2) is 10.3. The summed E-state index contributed by atoms with van der Waals surface area (Å²) >= 11 is 1.38. The third-order valence-corrected chi connectivity index (χ3v) is 6.79. The molecule has 0 saturated carbocycles. The van der Waals surface area contributed by atoms with Crippen LogP contribution in [0.25, 0.3) is 32.5 Å². The first-order valence-corrected chi connectivity index (χ1v) is 12.5. The second-order valence-electron chi connectivity index (χ2n) is 8.48. The van der Waals surface area contributed by atoms with E-state index in [2.05, 4.69) is 5.32 Å². The predicted octanol–water partition coefficient (Wildman–Crippen LogP) is 8.03. The molecule has 0 aliphatic heterocycles. The average molecular weight is 552 g/mol. The Morgan fingerprint density at radius 1 is 0.949 bits per heavy atom. The molecule has 0 aliphatic rings. The lowest BCUT2D eigenvalue weighted by atomic mass is 10.0. The van der Waals surface area contributed by atoms with Crippen LogP contribution in [-0.4, -0.2) is 19.0 Å². The zero-order chi connectivity index (χ0) is 27.7. The van der Waals surface area contributed by atoms with E-state index >= 15 is 0 Å². The molecule has 0 fully saturated rings. The van der Waals surface area contributed by atoms with E-state index in [0.717, 1.165) is 34.7 Å². The lowest BCUT2D eigenvalue weighted by molar-refractivity contribution is -0.137. The van der Waals surface area contributed by atoms with Crippen LogP contribution in [0, 0.1) is 0 Å². The van der Waals surface area contributed by atoms with Crippen LogP contribution in [0.4, 0.5) is 19.1 Å². The summed E-state index contributed by atoms with van der Waals surface area (Å²) in [6.07, 6.45) is -4.52. The molecule has 10 heteroatoms. The number of alkyl halides is 3. The van der Waals surface area contributed by atoms with Crippen LogP contribution < -0.4 is 14.8 Å². The second-order valence-corrected chi connectivity index (χ2v) is 9.43. The van der Waals surface area contributed by atoms with Crippen molar-refractivity contribution in [1.29, 1.82) is 0 Å². The number of fused-ring (bicyclic) bond motifs is 1. The molecule has 2 heterocycles. The maximum absolute atomic E-state index is 13.0. The highest BCUT2D eigenvalue weighted by Crippen LogP contribution is 2.46. The lowest BCUT2D eigenvalue weighted by Gasteiger charge is -2.09. The number of amides is 1. The van der Waals surface area contributed by atoms with Crippen molar-refractivity contribution in [2.75, 3.05) is 12.4 Å². The SMILES string of the molecule is COc1ccc(-c2cc(OC(C)=O)c3c(-c4cccs4)c(NC(=O)c4ccc(C(F)(F)F)cc4)oc3c2)cc1. The Kier molecular flexibility index (Phi) is 6.88. The minimum Gasteiger partial charge on any atom is -0.497 e. The van der Waals surface area contributed by atoms with E-state index in [1.807, 2.05) is 29.6 Å². The number of methoxy groups -OCH3 is 1. The van der Waals surface area contributed by atoms with Crippen LogP contribution in [0.5, 0.6) is 11.5 Å². The van der Waals surface area contributed by atoms with Gasteiger partial charge in [-0.3, -0.25) is 14.9 Å². The summed E-state index contributed by atoms with van der Waals surface area (Å²) in [7, 11) is 1.56. The van der Waals surface area contributed by atoms with Crippen LogP contribution >= 0.6 is 11.3 Å². The quantitative estimate of drug-likeness (QED) is 0.171. The van der Waals surface area contributed by atoms with Crippen molar-refractivity contribution >= 4 is 40.1 Å². The molecule has 5 rings (SSSR count). The first kappa shape index (κ1) is 26.1. The van der Waals surface area contributed by atoms with Crippen LogP contribution in [0.15, 0.2) is 82.6 Å². The van der Waals surface area contributed by atoms with Crippen molar-refractivity contribution in [1.82, 2.24) is 0 Å². The van der Waals surface area contributed by atoms with E-state index in [-0.39, 0.29) is 17.2 Å². The largest absolute Gasteiger partial charge is 0.497 e. The maximum Gasteiger partial charge on any atom is 0.416 e. The summed E-state index contributed by atoms with van der Waals surface area (Å²) in [6, 6.07) is 18.2. The fraction of sp³-hybridized carbons (Fsp3) is 0.103. The molecular formula is C29H20F3NO5S. The lowest BCUT2D eigenvalue weighted by Crippen LogP contribution is -2.13. The first-order chi connectivity index (χ1) is 18.6. The molecule has 0 unspecified atom stereocenters. The highest BCUT2D eigenvalue weighted by molar-refractivity contribution is 7.13. The van der Waals surface area contributed by atoms with Gasteiger partial charge in [0.2, 0.25) is 5.88 Å². The fourth-order valence-corrected chi connectivity index (χ4v) is 4.88. The summed E-state index contributed by atoms with van der Waals surface area (Å²) in [5, 5.41) is 4.99. The van der Waals surface area contributed by atoms with Gasteiger partial charge in [0.15, 0.2) is 0 Å². The topological polar surface area (TPSA) is 77.8 Å². The number of furan rings is 1. The molecule has 3 aromatic carbocycles. The minimum absolute atomic E-state index is 0.0136. The van der Waals surface area contributed by atoms with E-state index in [0.29, 0.717) is 27.8 Å². The molecule has 1 N–H and O–H groups in total. The van der Waals surface area contributed by atoms with Crippen molar-refractivity contribution in [3.63, 3.8) is 0 Å². The van der Waals surface area contributed by atoms with Crippen LogP contribution in [0.2, 0.25) is 0 Å². The fourth-order valence-electron chi connectivity index (χ4n) is 4.11. The summed E-state index contributed by atoms with van der Waals surface area (Å²) in [4.78, 5) is 25.8. The predicted molar refractivity (Wildman–Crippen MR) is 142 cm³/mol. The number of rotatable bonds is 6. The smallest absolute Gasteiger partial charge is 0.416 e. The zero-order valence-electron chi connectivity index (χ0n) is 20.6. The molecule has 0 aliphatic carbocycles. The molecule has 5 aromatic rings. The molecule has 0 bridgehead atoms. The Bertz CT molecular complexity index is 1650. The third kappa shape index (κ3) is 5.37. The van der Waals surface area contributed by atoms with E-state index in [1.54, 1.807) is 31.4 Å². The molecule has 6 nitrogen and oxygen atoms in total. The maximum atomic E-state index is 13.0. The number of ether oxygens (including phenoxy) is 2. The molecule has 0 saturated heterocycles. The summed E-state index contributed by atoms with van der Waals surface area (Å²) in [5.41, 5.74) is 1.46. The van der Waals surface area contributed by atoms with Crippen molar-refractivity contribution in [3.8, 4) is 33.1 Å². The van der Waals surface area contributed by atoms with E-state index in [9.17, 15) is 22.8 Å². The number of esters is 1. The number of thiophene rings is 1. The van der Waals surface area contributed by atoms with Crippen molar-refractivity contribution in [2.24, 2.45) is 0 Å². The van der Waals surface area contributed by atoms with Gasteiger partial charge >= 0.3 is 12.1 Å². The van der Waals surface area contributed by atoms with Gasteiger partial charge in [0.1, 0.15) is 17.1 Å². The standard InChI is InChI=1S/C29H20F3NO5S/c1-16(34)37-22-14-19(17-7-11-21(36-2)12-8-17)15-23-25(22)26(24-4-3-13-39-24)28(38-23)33-27(35)18-5-9-20(10-6-18)29(30,31)32/h3-15H,1-2H3,(H,33,35). The van der Waals surface area contributed by atoms with Gasteiger partial charge in [0, 0.05) is 17.4 Å². The number of carbonyl (C=O) groups is 2. The Labute approximate surface area is 224 Å². The number of halogens is 3. The number of benzene rings is 3. The van der Waals surface area contributed by atoms with Gasteiger partial charge in [-0.2, -0.15) is 13.2 Å². The Hall–Kier alpha value is -4.57. The van der Waals surface area contributed by atoms with Crippen molar-refractivity contribution in [3.05, 3.63) is 89.3 Å². The van der Waals surface area contributed by atoms with Gasteiger partial charge in [0.25, 0.3) is 5.91 Å². The first-order valence-electron chi connectivity index (χ1n) is 11.6. The van der Waals surface area contributed by atoms with Gasteiger partial charge in [-0.1, -0.05) is 18.2 Å². The molecule has 0 spiro atoms. The summed E-state index contributed by atoms with van der Waals surface area (Å²) < 4.78 is 55.8. The Balaban J connectivity index is 1.63. The molecule has 0 atom stereocenters. The van der Waals surface area contributed by atoms with Gasteiger partial charge in [0.05, 0.1) is 23.6 Å². The van der Waals surface area contributed by atoms with Crippen LogP contribution in [-0.2, 0) is 11.0 Å². The third-order valence-electron chi connectivity index (χ3n) is 5.90. The summed E-state index contributed by atoms with van der Waals surface area (Å²) in [5.74, 6) is -0.237. The van der Waals surface area contributed by atoms with E-state index < -0.39 is 23.6 Å². The molecule has 39 heavy (non-hydrogen) atoms. The molecular weight excluding hydrogens is 531 g/mol. The van der Waals surface area contributed by atoms with E-state index in [4.69, 9.17) is 13.9 Å². The minimum atomic E-state index is -4.52. The monoisotopic (exact) mass is 551 g/mol. The Morgan fingerprint density at radius 3 is 2.26 bits per heavy atom. The van der Waals surface area contributed by atoms with Crippen LogP contribution in [0.1, 0.15) is 22.8 Å². The van der Waals surface area contributed by atoms with Gasteiger partial charge in [-0.05, 0) is 71.1 Å². The van der Waals surface area contributed by atoms with Crippen molar-refractivity contribution in [2.45, 2.75) is 13.1 Å². The van der Waals surface area contributed by atoms with Crippen LogP contribution in [0.3, 0.4) is 0 Å². The highest BCUT2D eigenvalue weighted by atomic mass is 32.1. The van der Waals surface area contributed by atoms with Gasteiger partial charge in [-0.15, -0.1) is 11.3 Å². The number of anilines is 1. The molecule has 0 radical (unpaired) electrons. The van der Waals surface area contributed by atoms with Gasteiger partial charge in [-0.25, -0.2) is 0 Å². The molecule has 198 valence electrons. The zero-order valence-corrected chi connectivity index (χ0v) is 21.4. The van der Waals surface area contributed by atoms with Crippen molar-refractivity contribution < 1.29 is 36.7 Å². The molecule has 1 amide bonds. The number of carbonyl (C=O) groups excluding carboxylic acids is 2. The number of nitrogens with one attached hydrogen (secondary N) is 1. The number of hydrogen-bond acceptors (Lipinski definition) is 6. The summed E-state index contributed by atoms with van der Waals surface area (Å²) in [6.45, 7) is 1.28. The van der Waals surface area contributed by atoms with Gasteiger partial charge < -0.3 is 13.9 Å². The Morgan fingerprint density at radius 2 is 1.67 bits per heavy atom. The normalized spacial score (nSPS) is 11.4. The number of hydrogen-bond donors (Lipinski definition) is 1. The average Bonchev–Trinajstić information content (AvgIpc) is 3.55. The highest BCUT2D eigenvalue weighted by Gasteiger charge is 2.30.